The zero-order chi connectivity index (χ0) is 13.1. The topological polar surface area (TPSA) is 64.3 Å². The van der Waals surface area contributed by atoms with Crippen molar-refractivity contribution in [1.29, 1.82) is 0 Å². The van der Waals surface area contributed by atoms with E-state index < -0.39 is 11.5 Å². The second-order valence-electron chi connectivity index (χ2n) is 3.62. The minimum atomic E-state index is -0.442. The first-order valence-corrected chi connectivity index (χ1v) is 6.36. The van der Waals surface area contributed by atoms with Crippen LogP contribution in [-0.4, -0.2) is 18.1 Å². The molecule has 96 valence electrons. The Hall–Kier alpha value is -1.53. The fourth-order valence-corrected chi connectivity index (χ4v) is 2.51. The highest BCUT2D eigenvalue weighted by atomic mass is 32.2. The molecular formula is C12H13FN2O2S. The lowest BCUT2D eigenvalue weighted by atomic mass is 10.1. The quantitative estimate of drug-likeness (QED) is 0.816. The van der Waals surface area contributed by atoms with Crippen molar-refractivity contribution in [3.63, 3.8) is 0 Å². The molecular weight excluding hydrogens is 255 g/mol. The number of esters is 1. The zero-order valence-corrected chi connectivity index (χ0v) is 10.6. The Morgan fingerprint density at radius 2 is 2.39 bits per heavy atom. The molecule has 18 heavy (non-hydrogen) atoms. The van der Waals surface area contributed by atoms with Gasteiger partial charge in [-0.2, -0.15) is 0 Å². The number of hydrogen-bond acceptors (Lipinski definition) is 5. The van der Waals surface area contributed by atoms with Crippen LogP contribution in [0.5, 0.6) is 0 Å². The average molecular weight is 268 g/mol. The van der Waals surface area contributed by atoms with Gasteiger partial charge in [0.05, 0.1) is 12.3 Å². The molecule has 6 heteroatoms. The van der Waals surface area contributed by atoms with Crippen molar-refractivity contribution in [1.82, 2.24) is 5.32 Å². The standard InChI is InChI=1S/C12H13FN2O2S/c1-2-17-11(16)10-9(15-12(14)18-10)7-4-3-5-8(13)6-7/h3-6,12,15H,2,14H2,1H3/t12-/m1/s1. The van der Waals surface area contributed by atoms with Crippen LogP contribution in [0.1, 0.15) is 12.5 Å². The van der Waals surface area contributed by atoms with E-state index in [2.05, 4.69) is 5.32 Å². The molecule has 0 fully saturated rings. The number of nitrogens with one attached hydrogen (secondary N) is 1. The second kappa shape index (κ2) is 5.41. The Kier molecular flexibility index (Phi) is 3.88. The summed E-state index contributed by atoms with van der Waals surface area (Å²) in [4.78, 5) is 12.2. The lowest BCUT2D eigenvalue weighted by Gasteiger charge is -2.07. The lowest BCUT2D eigenvalue weighted by molar-refractivity contribution is -0.137. The molecule has 2 rings (SSSR count). The monoisotopic (exact) mass is 268 g/mol. The molecule has 0 aromatic heterocycles. The Morgan fingerprint density at radius 3 is 3.06 bits per heavy atom. The molecule has 1 atom stereocenters. The van der Waals surface area contributed by atoms with Crippen molar-refractivity contribution in [2.75, 3.05) is 6.61 Å². The lowest BCUT2D eigenvalue weighted by Crippen LogP contribution is -2.28. The summed E-state index contributed by atoms with van der Waals surface area (Å²) < 4.78 is 18.1. The largest absolute Gasteiger partial charge is 0.462 e. The minimum absolute atomic E-state index is 0.286. The molecule has 0 unspecified atom stereocenters. The second-order valence-corrected chi connectivity index (χ2v) is 4.77. The van der Waals surface area contributed by atoms with Gasteiger partial charge < -0.3 is 15.8 Å². The average Bonchev–Trinajstić information content (AvgIpc) is 2.72. The van der Waals surface area contributed by atoms with Gasteiger partial charge in [0.15, 0.2) is 0 Å². The number of carbonyl (C=O) groups is 1. The van der Waals surface area contributed by atoms with E-state index in [-0.39, 0.29) is 12.4 Å². The number of thioether (sulfide) groups is 1. The first kappa shape index (κ1) is 12.9. The summed E-state index contributed by atoms with van der Waals surface area (Å²) in [6.07, 6.45) is 0. The van der Waals surface area contributed by atoms with Gasteiger partial charge in [-0.3, -0.25) is 0 Å². The Balaban J connectivity index is 2.37. The van der Waals surface area contributed by atoms with Crippen LogP contribution in [0.25, 0.3) is 5.70 Å². The summed E-state index contributed by atoms with van der Waals surface area (Å²) in [5.74, 6) is -0.808. The maximum atomic E-state index is 13.2. The smallest absolute Gasteiger partial charge is 0.346 e. The summed E-state index contributed by atoms with van der Waals surface area (Å²) in [6, 6.07) is 5.98. The number of ether oxygens (including phenoxy) is 1. The molecule has 0 saturated carbocycles. The van der Waals surface area contributed by atoms with Crippen LogP contribution in [0.15, 0.2) is 29.2 Å². The molecule has 1 aromatic rings. The van der Waals surface area contributed by atoms with Crippen molar-refractivity contribution in [2.24, 2.45) is 5.73 Å². The zero-order valence-electron chi connectivity index (χ0n) is 9.77. The maximum absolute atomic E-state index is 13.2. The summed E-state index contributed by atoms with van der Waals surface area (Å²) in [7, 11) is 0. The minimum Gasteiger partial charge on any atom is -0.462 e. The van der Waals surface area contributed by atoms with Gasteiger partial charge in [-0.25, -0.2) is 9.18 Å². The number of rotatable bonds is 3. The first-order valence-electron chi connectivity index (χ1n) is 5.48. The molecule has 1 aliphatic rings. The number of halogens is 1. The summed E-state index contributed by atoms with van der Waals surface area (Å²) in [6.45, 7) is 2.02. The predicted octanol–water partition coefficient (Wildman–Crippen LogP) is 1.64. The summed E-state index contributed by atoms with van der Waals surface area (Å²) in [5.41, 5.74) is 6.41. The molecule has 0 amide bonds. The van der Waals surface area contributed by atoms with E-state index in [0.717, 1.165) is 0 Å². The van der Waals surface area contributed by atoms with Crippen LogP contribution in [0, 0.1) is 5.82 Å². The van der Waals surface area contributed by atoms with E-state index in [1.807, 2.05) is 0 Å². The Labute approximate surface area is 108 Å². The normalized spacial score (nSPS) is 18.7. The number of hydrogen-bond donors (Lipinski definition) is 2. The van der Waals surface area contributed by atoms with E-state index in [4.69, 9.17) is 10.5 Å². The van der Waals surface area contributed by atoms with Crippen LogP contribution >= 0.6 is 11.8 Å². The molecule has 0 aliphatic carbocycles. The van der Waals surface area contributed by atoms with Gasteiger partial charge in [0, 0.05) is 5.56 Å². The number of carbonyl (C=O) groups excluding carboxylic acids is 1. The van der Waals surface area contributed by atoms with Gasteiger partial charge in [-0.15, -0.1) is 0 Å². The molecule has 3 N–H and O–H groups in total. The Morgan fingerprint density at radius 1 is 1.61 bits per heavy atom. The van der Waals surface area contributed by atoms with Gasteiger partial charge in [0.1, 0.15) is 16.2 Å². The van der Waals surface area contributed by atoms with Crippen LogP contribution in [0.4, 0.5) is 4.39 Å². The van der Waals surface area contributed by atoms with Gasteiger partial charge in [-0.05, 0) is 19.1 Å². The molecule has 1 aliphatic heterocycles. The summed E-state index contributed by atoms with van der Waals surface area (Å²) in [5, 5.41) is 2.94. The molecule has 0 bridgehead atoms. The molecule has 0 saturated heterocycles. The molecule has 0 radical (unpaired) electrons. The predicted molar refractivity (Wildman–Crippen MR) is 68.7 cm³/mol. The third kappa shape index (κ3) is 2.65. The van der Waals surface area contributed by atoms with E-state index in [1.165, 1.54) is 23.9 Å². The number of benzene rings is 1. The van der Waals surface area contributed by atoms with Crippen LogP contribution in [0.2, 0.25) is 0 Å². The SMILES string of the molecule is CCOC(=O)C1=C(c2cccc(F)c2)N[C@@H](N)S1. The van der Waals surface area contributed by atoms with E-state index in [1.54, 1.807) is 19.1 Å². The van der Waals surface area contributed by atoms with Crippen molar-refractivity contribution in [3.05, 3.63) is 40.6 Å². The third-order valence-corrected chi connectivity index (χ3v) is 3.31. The molecule has 4 nitrogen and oxygen atoms in total. The molecule has 1 aromatic carbocycles. The molecule has 0 spiro atoms. The van der Waals surface area contributed by atoms with Crippen LogP contribution < -0.4 is 11.1 Å². The molecule has 1 heterocycles. The van der Waals surface area contributed by atoms with Crippen LogP contribution in [-0.2, 0) is 9.53 Å². The fourth-order valence-electron chi connectivity index (χ4n) is 1.63. The van der Waals surface area contributed by atoms with E-state index in [9.17, 15) is 9.18 Å². The first-order chi connectivity index (χ1) is 8.61. The van der Waals surface area contributed by atoms with Gasteiger partial charge in [0.25, 0.3) is 0 Å². The van der Waals surface area contributed by atoms with E-state index in [0.29, 0.717) is 16.2 Å². The Bertz CT molecular complexity index is 505. The van der Waals surface area contributed by atoms with Gasteiger partial charge in [-0.1, -0.05) is 23.9 Å². The third-order valence-electron chi connectivity index (χ3n) is 2.33. The number of nitrogens with two attached hydrogens (primary N) is 1. The van der Waals surface area contributed by atoms with Crippen molar-refractivity contribution >= 4 is 23.4 Å². The van der Waals surface area contributed by atoms with Crippen molar-refractivity contribution in [3.8, 4) is 0 Å². The summed E-state index contributed by atoms with van der Waals surface area (Å²) >= 11 is 1.17. The van der Waals surface area contributed by atoms with Gasteiger partial charge >= 0.3 is 5.97 Å². The van der Waals surface area contributed by atoms with Crippen molar-refractivity contribution in [2.45, 2.75) is 12.4 Å². The highest BCUT2D eigenvalue weighted by Crippen LogP contribution is 2.34. The highest BCUT2D eigenvalue weighted by molar-refractivity contribution is 8.05. The highest BCUT2D eigenvalue weighted by Gasteiger charge is 2.28. The fraction of sp³-hybridized carbons (Fsp3) is 0.250. The van der Waals surface area contributed by atoms with Crippen molar-refractivity contribution < 1.29 is 13.9 Å². The van der Waals surface area contributed by atoms with Crippen LogP contribution in [0.3, 0.4) is 0 Å². The van der Waals surface area contributed by atoms with E-state index >= 15 is 0 Å². The maximum Gasteiger partial charge on any atom is 0.346 e. The van der Waals surface area contributed by atoms with Gasteiger partial charge in [0.2, 0.25) is 0 Å².